The van der Waals surface area contributed by atoms with Crippen LogP contribution >= 0.6 is 0 Å². The van der Waals surface area contributed by atoms with Gasteiger partial charge in [-0.05, 0) is 41.5 Å². The number of nitrogens with one attached hydrogen (secondary N) is 1. The summed E-state index contributed by atoms with van der Waals surface area (Å²) in [6.07, 6.45) is 4.07. The smallest absolute Gasteiger partial charge is 0.0699 e. The summed E-state index contributed by atoms with van der Waals surface area (Å²) in [6, 6.07) is 17.8. The molecule has 1 N–H and O–H groups in total. The molecule has 0 aromatic heterocycles. The number of hydrogen-bond donors (Lipinski definition) is 1. The molecular formula is C19H21NO. The van der Waals surface area contributed by atoms with Crippen LogP contribution in [0.4, 0.5) is 0 Å². The summed E-state index contributed by atoms with van der Waals surface area (Å²) in [6.45, 7) is 1.86. The van der Waals surface area contributed by atoms with Gasteiger partial charge in [-0.3, -0.25) is 0 Å². The van der Waals surface area contributed by atoms with Gasteiger partial charge < -0.3 is 10.1 Å². The highest BCUT2D eigenvalue weighted by Crippen LogP contribution is 2.42. The van der Waals surface area contributed by atoms with Crippen molar-refractivity contribution in [1.29, 1.82) is 0 Å². The molecule has 2 aromatic carbocycles. The lowest BCUT2D eigenvalue weighted by Gasteiger charge is -2.25. The Hall–Kier alpha value is -1.64. The highest BCUT2D eigenvalue weighted by molar-refractivity contribution is 5.78. The van der Waals surface area contributed by atoms with Gasteiger partial charge in [-0.1, -0.05) is 48.5 Å². The average molecular weight is 279 g/mol. The van der Waals surface area contributed by atoms with E-state index < -0.39 is 0 Å². The minimum atomic E-state index is 0.308. The zero-order valence-electron chi connectivity index (χ0n) is 12.2. The second-order valence-corrected chi connectivity index (χ2v) is 6.00. The second-order valence-electron chi connectivity index (χ2n) is 6.00. The van der Waals surface area contributed by atoms with Gasteiger partial charge in [-0.25, -0.2) is 0 Å². The fourth-order valence-electron chi connectivity index (χ4n) is 3.59. The molecule has 1 fully saturated rings. The molecule has 2 aromatic rings. The summed E-state index contributed by atoms with van der Waals surface area (Å²) in [5.74, 6) is 0. The van der Waals surface area contributed by atoms with E-state index in [4.69, 9.17) is 4.74 Å². The van der Waals surface area contributed by atoms with Crippen molar-refractivity contribution in [3.05, 3.63) is 59.7 Å². The van der Waals surface area contributed by atoms with Gasteiger partial charge in [0.1, 0.15) is 0 Å². The van der Waals surface area contributed by atoms with Crippen molar-refractivity contribution in [2.45, 2.75) is 31.4 Å². The quantitative estimate of drug-likeness (QED) is 0.919. The third-order valence-electron chi connectivity index (χ3n) is 4.66. The minimum absolute atomic E-state index is 0.308. The molecule has 108 valence electrons. The maximum Gasteiger partial charge on any atom is 0.0699 e. The lowest BCUT2D eigenvalue weighted by atomic mass is 10.0. The molecule has 1 aliphatic heterocycles. The standard InChI is InChI=1S/C19H21NO/c1-3-10-17-15(8-1)16-9-2-4-11-18(16)19(17)20-13-14-7-5-6-12-21-14/h1-4,8-11,14,19-20H,5-7,12-13H2. The van der Waals surface area contributed by atoms with Gasteiger partial charge in [0.25, 0.3) is 0 Å². The molecular weight excluding hydrogens is 258 g/mol. The van der Waals surface area contributed by atoms with Crippen LogP contribution < -0.4 is 5.32 Å². The van der Waals surface area contributed by atoms with E-state index in [1.807, 2.05) is 0 Å². The van der Waals surface area contributed by atoms with Crippen molar-refractivity contribution in [1.82, 2.24) is 5.32 Å². The number of fused-ring (bicyclic) bond motifs is 3. The first kappa shape index (κ1) is 13.1. The predicted octanol–water partition coefficient (Wildman–Crippen LogP) is 3.92. The molecule has 0 saturated carbocycles. The number of hydrogen-bond acceptors (Lipinski definition) is 2. The maximum atomic E-state index is 5.85. The largest absolute Gasteiger partial charge is 0.377 e. The summed E-state index contributed by atoms with van der Waals surface area (Å²) in [5, 5.41) is 3.74. The fourth-order valence-corrected chi connectivity index (χ4v) is 3.59. The van der Waals surface area contributed by atoms with Gasteiger partial charge in [0, 0.05) is 13.2 Å². The molecule has 2 nitrogen and oxygen atoms in total. The van der Waals surface area contributed by atoms with Crippen LogP contribution in [-0.4, -0.2) is 19.3 Å². The first-order chi connectivity index (χ1) is 10.4. The van der Waals surface area contributed by atoms with E-state index >= 15 is 0 Å². The van der Waals surface area contributed by atoms with E-state index in [0.717, 1.165) is 13.2 Å². The molecule has 1 aliphatic carbocycles. The van der Waals surface area contributed by atoms with Crippen LogP contribution in [0.25, 0.3) is 11.1 Å². The molecule has 0 amide bonds. The average Bonchev–Trinajstić information content (AvgIpc) is 2.88. The van der Waals surface area contributed by atoms with Crippen molar-refractivity contribution >= 4 is 0 Å². The third kappa shape index (κ3) is 2.39. The topological polar surface area (TPSA) is 21.3 Å². The molecule has 4 rings (SSSR count). The van der Waals surface area contributed by atoms with Crippen molar-refractivity contribution in [3.63, 3.8) is 0 Å². The first-order valence-electron chi connectivity index (χ1n) is 7.97. The van der Waals surface area contributed by atoms with Gasteiger partial charge in [-0.2, -0.15) is 0 Å². The van der Waals surface area contributed by atoms with Crippen LogP contribution in [0.3, 0.4) is 0 Å². The summed E-state index contributed by atoms with van der Waals surface area (Å²) >= 11 is 0. The van der Waals surface area contributed by atoms with Crippen LogP contribution in [0, 0.1) is 0 Å². The highest BCUT2D eigenvalue weighted by atomic mass is 16.5. The van der Waals surface area contributed by atoms with Crippen molar-refractivity contribution < 1.29 is 4.74 Å². The van der Waals surface area contributed by atoms with Crippen molar-refractivity contribution in [2.75, 3.05) is 13.2 Å². The van der Waals surface area contributed by atoms with E-state index in [9.17, 15) is 0 Å². The zero-order chi connectivity index (χ0) is 14.1. The van der Waals surface area contributed by atoms with Crippen LogP contribution in [0.15, 0.2) is 48.5 Å². The Balaban J connectivity index is 1.59. The Kier molecular flexibility index (Phi) is 3.50. The minimum Gasteiger partial charge on any atom is -0.377 e. The molecule has 1 unspecified atom stereocenters. The van der Waals surface area contributed by atoms with E-state index in [-0.39, 0.29) is 0 Å². The molecule has 1 atom stereocenters. The SMILES string of the molecule is c1ccc2c(c1)-c1ccccc1C2NCC1CCCCO1. The van der Waals surface area contributed by atoms with Gasteiger partial charge >= 0.3 is 0 Å². The van der Waals surface area contributed by atoms with Gasteiger partial charge in [0.05, 0.1) is 12.1 Å². The molecule has 2 aliphatic rings. The Morgan fingerprint density at radius 3 is 2.19 bits per heavy atom. The maximum absolute atomic E-state index is 5.85. The predicted molar refractivity (Wildman–Crippen MR) is 85.3 cm³/mol. The molecule has 1 saturated heterocycles. The monoisotopic (exact) mass is 279 g/mol. The first-order valence-corrected chi connectivity index (χ1v) is 7.97. The van der Waals surface area contributed by atoms with Gasteiger partial charge in [0.2, 0.25) is 0 Å². The number of ether oxygens (including phenoxy) is 1. The van der Waals surface area contributed by atoms with Crippen LogP contribution in [0.1, 0.15) is 36.4 Å². The van der Waals surface area contributed by atoms with Crippen molar-refractivity contribution in [2.24, 2.45) is 0 Å². The molecule has 2 heteroatoms. The third-order valence-corrected chi connectivity index (χ3v) is 4.66. The molecule has 0 bridgehead atoms. The Bertz CT molecular complexity index is 585. The fraction of sp³-hybridized carbons (Fsp3) is 0.368. The summed E-state index contributed by atoms with van der Waals surface area (Å²) < 4.78 is 5.85. The Morgan fingerprint density at radius 2 is 1.57 bits per heavy atom. The number of rotatable bonds is 3. The van der Waals surface area contributed by atoms with Gasteiger partial charge in [0.15, 0.2) is 0 Å². The second kappa shape index (κ2) is 5.63. The molecule has 21 heavy (non-hydrogen) atoms. The van der Waals surface area contributed by atoms with Crippen molar-refractivity contribution in [3.8, 4) is 11.1 Å². The summed E-state index contributed by atoms with van der Waals surface area (Å²) in [4.78, 5) is 0. The lowest BCUT2D eigenvalue weighted by molar-refractivity contribution is 0.0160. The molecule has 0 spiro atoms. The van der Waals surface area contributed by atoms with Crippen LogP contribution in [0.5, 0.6) is 0 Å². The van der Waals surface area contributed by atoms with E-state index in [1.165, 1.54) is 41.5 Å². The Labute approximate surface area is 126 Å². The molecule has 0 radical (unpaired) electrons. The molecule has 1 heterocycles. The van der Waals surface area contributed by atoms with Crippen LogP contribution in [0.2, 0.25) is 0 Å². The van der Waals surface area contributed by atoms with E-state index in [2.05, 4.69) is 53.8 Å². The lowest BCUT2D eigenvalue weighted by Crippen LogP contribution is -2.33. The van der Waals surface area contributed by atoms with E-state index in [0.29, 0.717) is 12.1 Å². The summed E-state index contributed by atoms with van der Waals surface area (Å²) in [7, 11) is 0. The summed E-state index contributed by atoms with van der Waals surface area (Å²) in [5.41, 5.74) is 5.54. The highest BCUT2D eigenvalue weighted by Gasteiger charge is 2.28. The van der Waals surface area contributed by atoms with Gasteiger partial charge in [-0.15, -0.1) is 0 Å². The Morgan fingerprint density at radius 1 is 0.905 bits per heavy atom. The normalized spacial score (nSPS) is 21.0. The van der Waals surface area contributed by atoms with E-state index in [1.54, 1.807) is 0 Å². The zero-order valence-corrected chi connectivity index (χ0v) is 12.2. The number of benzene rings is 2. The van der Waals surface area contributed by atoms with Crippen LogP contribution in [-0.2, 0) is 4.74 Å².